The molecule has 4 rings (SSSR count). The molecular formula is C23H23ClN2O4. The molecule has 0 bridgehead atoms. The predicted molar refractivity (Wildman–Crippen MR) is 117 cm³/mol. The van der Waals surface area contributed by atoms with Gasteiger partial charge in [0.15, 0.2) is 0 Å². The Morgan fingerprint density at radius 3 is 2.70 bits per heavy atom. The number of aromatic nitrogens is 1. The minimum absolute atomic E-state index is 0.303. The summed E-state index contributed by atoms with van der Waals surface area (Å²) >= 11 is 6.31. The lowest BCUT2D eigenvalue weighted by atomic mass is 9.90. The van der Waals surface area contributed by atoms with Crippen molar-refractivity contribution in [2.75, 3.05) is 32.8 Å². The number of rotatable bonds is 5. The molecule has 6 nitrogen and oxygen atoms in total. The van der Waals surface area contributed by atoms with Crippen LogP contribution in [0.15, 0.2) is 42.6 Å². The maximum atomic E-state index is 12.4. The van der Waals surface area contributed by atoms with E-state index in [-0.39, 0.29) is 0 Å². The summed E-state index contributed by atoms with van der Waals surface area (Å²) in [6.07, 6.45) is 3.74. The van der Waals surface area contributed by atoms with Crippen molar-refractivity contribution >= 4 is 39.8 Å². The van der Waals surface area contributed by atoms with Crippen LogP contribution in [0.5, 0.6) is 5.75 Å². The minimum Gasteiger partial charge on any atom is -0.497 e. The van der Waals surface area contributed by atoms with Crippen LogP contribution >= 0.6 is 11.6 Å². The Balaban J connectivity index is 1.87. The largest absolute Gasteiger partial charge is 0.497 e. The van der Waals surface area contributed by atoms with E-state index in [2.05, 4.69) is 10.3 Å². The molecule has 0 saturated carbocycles. The van der Waals surface area contributed by atoms with E-state index in [4.69, 9.17) is 25.8 Å². The number of carbonyl (C=O) groups excluding carboxylic acids is 1. The number of ether oxygens (including phenoxy) is 3. The molecule has 7 heteroatoms. The van der Waals surface area contributed by atoms with Crippen LogP contribution in [-0.2, 0) is 9.47 Å². The first-order chi connectivity index (χ1) is 14.6. The van der Waals surface area contributed by atoms with Crippen LogP contribution in [0.2, 0.25) is 5.02 Å². The van der Waals surface area contributed by atoms with Crippen LogP contribution < -0.4 is 10.1 Å². The number of halogens is 1. The third kappa shape index (κ3) is 4.06. The van der Waals surface area contributed by atoms with E-state index in [0.717, 1.165) is 35.0 Å². The van der Waals surface area contributed by atoms with Crippen molar-refractivity contribution in [1.29, 1.82) is 0 Å². The first-order valence-corrected chi connectivity index (χ1v) is 10.2. The molecule has 0 radical (unpaired) electrons. The Kier molecular flexibility index (Phi) is 6.06. The van der Waals surface area contributed by atoms with Gasteiger partial charge in [-0.2, -0.15) is 0 Å². The molecule has 1 aromatic heterocycles. The molecule has 2 heterocycles. The number of nitrogens with zero attached hydrogens (tertiary/aromatic N) is 1. The summed E-state index contributed by atoms with van der Waals surface area (Å²) in [7, 11) is 2.92. The normalized spacial score (nSPS) is 14.5. The van der Waals surface area contributed by atoms with E-state index in [1.165, 1.54) is 7.11 Å². The first-order valence-electron chi connectivity index (χ1n) is 9.80. The second-order valence-corrected chi connectivity index (χ2v) is 7.60. The zero-order valence-electron chi connectivity index (χ0n) is 16.9. The molecule has 1 aliphatic rings. The lowest BCUT2D eigenvalue weighted by Crippen LogP contribution is -2.16. The topological polar surface area (TPSA) is 69.7 Å². The quantitative estimate of drug-likeness (QED) is 0.557. The van der Waals surface area contributed by atoms with Gasteiger partial charge in [0.2, 0.25) is 0 Å². The van der Waals surface area contributed by atoms with Crippen LogP contribution in [0, 0.1) is 0 Å². The monoisotopic (exact) mass is 426 g/mol. The third-order valence-corrected chi connectivity index (χ3v) is 5.65. The Hall–Kier alpha value is -2.83. The molecule has 3 aromatic rings. The summed E-state index contributed by atoms with van der Waals surface area (Å²) in [4.78, 5) is 17.1. The van der Waals surface area contributed by atoms with Gasteiger partial charge >= 0.3 is 5.97 Å². The number of hydrogen-bond acceptors (Lipinski definition) is 6. The van der Waals surface area contributed by atoms with Gasteiger partial charge < -0.3 is 19.5 Å². The predicted octanol–water partition coefficient (Wildman–Crippen LogP) is 5.32. The molecule has 0 atom stereocenters. The van der Waals surface area contributed by atoms with E-state index in [1.54, 1.807) is 19.2 Å². The molecule has 0 amide bonds. The number of esters is 1. The smallest absolute Gasteiger partial charge is 0.340 e. The van der Waals surface area contributed by atoms with Gasteiger partial charge in [-0.05, 0) is 60.7 Å². The van der Waals surface area contributed by atoms with Gasteiger partial charge in [0.25, 0.3) is 0 Å². The Morgan fingerprint density at radius 1 is 1.17 bits per heavy atom. The number of pyridine rings is 1. The van der Waals surface area contributed by atoms with Gasteiger partial charge in [0, 0.05) is 29.8 Å². The molecule has 1 saturated heterocycles. The molecule has 1 N–H and O–H groups in total. The van der Waals surface area contributed by atoms with Crippen molar-refractivity contribution < 1.29 is 19.0 Å². The number of nitrogens with one attached hydrogen (secondary N) is 1. The molecule has 0 spiro atoms. The van der Waals surface area contributed by atoms with E-state index in [9.17, 15) is 4.79 Å². The Labute approximate surface area is 180 Å². The van der Waals surface area contributed by atoms with E-state index < -0.39 is 5.97 Å². The summed E-state index contributed by atoms with van der Waals surface area (Å²) in [6.45, 7) is 1.43. The molecule has 30 heavy (non-hydrogen) atoms. The van der Waals surface area contributed by atoms with Crippen molar-refractivity contribution in [2.24, 2.45) is 0 Å². The maximum absolute atomic E-state index is 12.4. The van der Waals surface area contributed by atoms with Crippen LogP contribution in [0.3, 0.4) is 0 Å². The molecule has 0 unspecified atom stereocenters. The molecule has 1 aliphatic heterocycles. The standard InChI is InChI=1S/C23H23ClN2O4/c1-28-16-4-6-21(18(12-16)23(27)29-2)26-22-17-11-15(24)3-5-20(17)25-13-19(22)14-7-9-30-10-8-14/h3-6,11-14H,7-10H2,1-2H3,(H,25,26). The molecule has 0 aliphatic carbocycles. The van der Waals surface area contributed by atoms with Crippen molar-refractivity contribution in [2.45, 2.75) is 18.8 Å². The highest BCUT2D eigenvalue weighted by atomic mass is 35.5. The van der Waals surface area contributed by atoms with Gasteiger partial charge in [-0.25, -0.2) is 4.79 Å². The van der Waals surface area contributed by atoms with E-state index in [1.807, 2.05) is 30.5 Å². The number of fused-ring (bicyclic) bond motifs is 1. The van der Waals surface area contributed by atoms with Gasteiger partial charge in [-0.15, -0.1) is 0 Å². The number of carbonyl (C=O) groups is 1. The Bertz CT molecular complexity index is 1080. The van der Waals surface area contributed by atoms with Crippen molar-refractivity contribution in [1.82, 2.24) is 4.98 Å². The molecule has 156 valence electrons. The average molecular weight is 427 g/mol. The SMILES string of the molecule is COC(=O)c1cc(OC)ccc1Nc1c(C2CCOCC2)cnc2ccc(Cl)cc12. The summed E-state index contributed by atoms with van der Waals surface area (Å²) in [5.41, 5.74) is 3.82. The van der Waals surface area contributed by atoms with Crippen LogP contribution in [0.1, 0.15) is 34.7 Å². The summed E-state index contributed by atoms with van der Waals surface area (Å²) < 4.78 is 15.8. The van der Waals surface area contributed by atoms with E-state index >= 15 is 0 Å². The summed E-state index contributed by atoms with van der Waals surface area (Å²) in [5.74, 6) is 0.436. The zero-order chi connectivity index (χ0) is 21.1. The molecular weight excluding hydrogens is 404 g/mol. The van der Waals surface area contributed by atoms with Crippen molar-refractivity contribution in [3.63, 3.8) is 0 Å². The highest BCUT2D eigenvalue weighted by molar-refractivity contribution is 6.31. The lowest BCUT2D eigenvalue weighted by Gasteiger charge is -2.26. The number of methoxy groups -OCH3 is 2. The second-order valence-electron chi connectivity index (χ2n) is 7.16. The fourth-order valence-corrected chi connectivity index (χ4v) is 3.98. The maximum Gasteiger partial charge on any atom is 0.340 e. The molecule has 2 aromatic carbocycles. The lowest BCUT2D eigenvalue weighted by molar-refractivity contribution is 0.0601. The van der Waals surface area contributed by atoms with Crippen LogP contribution in [-0.4, -0.2) is 38.4 Å². The zero-order valence-corrected chi connectivity index (χ0v) is 17.7. The van der Waals surface area contributed by atoms with Gasteiger partial charge in [-0.1, -0.05) is 11.6 Å². The number of benzene rings is 2. The second kappa shape index (κ2) is 8.90. The van der Waals surface area contributed by atoms with Crippen LogP contribution in [0.4, 0.5) is 11.4 Å². The highest BCUT2D eigenvalue weighted by Gasteiger charge is 2.23. The average Bonchev–Trinajstić information content (AvgIpc) is 2.79. The fourth-order valence-electron chi connectivity index (χ4n) is 3.81. The minimum atomic E-state index is -0.444. The Morgan fingerprint density at radius 2 is 1.97 bits per heavy atom. The van der Waals surface area contributed by atoms with Gasteiger partial charge in [0.05, 0.1) is 36.7 Å². The number of hydrogen-bond donors (Lipinski definition) is 1. The van der Waals surface area contributed by atoms with Gasteiger partial charge in [-0.3, -0.25) is 4.98 Å². The highest BCUT2D eigenvalue weighted by Crippen LogP contribution is 2.39. The molecule has 1 fully saturated rings. The summed E-state index contributed by atoms with van der Waals surface area (Å²) in [6, 6.07) is 10.9. The van der Waals surface area contributed by atoms with Gasteiger partial charge in [0.1, 0.15) is 5.75 Å². The first kappa shape index (κ1) is 20.4. The third-order valence-electron chi connectivity index (χ3n) is 5.41. The summed E-state index contributed by atoms with van der Waals surface area (Å²) in [5, 5.41) is 5.00. The number of anilines is 2. The van der Waals surface area contributed by atoms with E-state index in [0.29, 0.717) is 41.2 Å². The van der Waals surface area contributed by atoms with Crippen molar-refractivity contribution in [3.8, 4) is 5.75 Å². The van der Waals surface area contributed by atoms with Crippen molar-refractivity contribution in [3.05, 3.63) is 58.7 Å². The fraction of sp³-hybridized carbons (Fsp3) is 0.304. The van der Waals surface area contributed by atoms with Crippen LogP contribution in [0.25, 0.3) is 10.9 Å².